The van der Waals surface area contributed by atoms with E-state index in [2.05, 4.69) is 136 Å². The van der Waals surface area contributed by atoms with Crippen molar-refractivity contribution in [2.24, 2.45) is 7.05 Å². The summed E-state index contributed by atoms with van der Waals surface area (Å²) in [4.78, 5) is 41.1. The van der Waals surface area contributed by atoms with Gasteiger partial charge in [0.15, 0.2) is 16.5 Å². The summed E-state index contributed by atoms with van der Waals surface area (Å²) in [6, 6.07) is 44.9. The predicted molar refractivity (Wildman–Crippen MR) is 426 cm³/mol. The minimum Gasteiger partial charge on any atom is -0.493 e. The summed E-state index contributed by atoms with van der Waals surface area (Å²) in [5.41, 5.74) is 16.9. The number of amides is 1. The lowest BCUT2D eigenvalue weighted by atomic mass is 10.1. The Morgan fingerprint density at radius 1 is 0.551 bits per heavy atom. The molecule has 4 aliphatic heterocycles. The first-order valence-corrected chi connectivity index (χ1v) is 36.6. The lowest BCUT2D eigenvalue weighted by Crippen LogP contribution is -2.44. The number of hydrogen-bond acceptors (Lipinski definition) is 10. The van der Waals surface area contributed by atoms with Crippen molar-refractivity contribution in [3.8, 4) is 17.2 Å². The van der Waals surface area contributed by atoms with Gasteiger partial charge in [0.05, 0.1) is 39.9 Å². The highest BCUT2D eigenvalue weighted by atomic mass is 32.1. The summed E-state index contributed by atoms with van der Waals surface area (Å²) >= 11 is 3.35. The molecular weight excluding hydrogens is 1260 g/mol. The number of H-pyrrole nitrogens is 3. The van der Waals surface area contributed by atoms with E-state index in [-0.39, 0.29) is 11.6 Å². The fourth-order valence-corrected chi connectivity index (χ4v) is 10.5. The molecule has 16 heteroatoms. The number of nitrogens with zero attached hydrogens (tertiary/aromatic N) is 6. The fourth-order valence-electron chi connectivity index (χ4n) is 9.01. The zero-order valence-electron chi connectivity index (χ0n) is 63.3. The van der Waals surface area contributed by atoms with Crippen LogP contribution in [-0.4, -0.2) is 69.8 Å². The number of allylic oxidation sites excluding steroid dienone is 2. The molecule has 0 fully saturated rings. The summed E-state index contributed by atoms with van der Waals surface area (Å²) in [6.45, 7) is 48.3. The smallest absolute Gasteiger partial charge is 0.326 e. The van der Waals surface area contributed by atoms with E-state index in [4.69, 9.17) is 14.2 Å². The molecule has 0 saturated carbocycles. The first kappa shape index (κ1) is 86.6. The van der Waals surface area contributed by atoms with Gasteiger partial charge in [-0.3, -0.25) is 18.8 Å². The Morgan fingerprint density at radius 3 is 1.81 bits per heavy atom. The zero-order chi connectivity index (χ0) is 73.5. The van der Waals surface area contributed by atoms with Gasteiger partial charge in [-0.2, -0.15) is 0 Å². The number of benzene rings is 6. The van der Waals surface area contributed by atoms with Gasteiger partial charge in [-0.25, -0.2) is 19.8 Å². The van der Waals surface area contributed by atoms with Crippen molar-refractivity contribution in [2.75, 3.05) is 19.9 Å². The normalized spacial score (nSPS) is 11.3. The van der Waals surface area contributed by atoms with Gasteiger partial charge in [0.1, 0.15) is 5.75 Å². The predicted octanol–water partition coefficient (Wildman–Crippen LogP) is 23.0. The molecule has 0 unspecified atom stereocenters. The zero-order valence-corrected chi connectivity index (χ0v) is 65.0. The van der Waals surface area contributed by atoms with Gasteiger partial charge < -0.3 is 29.2 Å². The molecule has 14 nitrogen and oxygen atoms in total. The van der Waals surface area contributed by atoms with E-state index < -0.39 is 0 Å². The van der Waals surface area contributed by atoms with Crippen molar-refractivity contribution < 1.29 is 19.0 Å². The van der Waals surface area contributed by atoms with E-state index in [9.17, 15) is 9.59 Å². The third-order valence-corrected chi connectivity index (χ3v) is 15.0. The van der Waals surface area contributed by atoms with Crippen LogP contribution in [0.15, 0.2) is 204 Å². The Hall–Kier alpha value is -9.38. The van der Waals surface area contributed by atoms with Gasteiger partial charge in [-0.1, -0.05) is 195 Å². The maximum atomic E-state index is 11.5. The molecule has 16 rings (SSSR count). The van der Waals surface area contributed by atoms with Crippen molar-refractivity contribution in [3.05, 3.63) is 249 Å². The van der Waals surface area contributed by atoms with Gasteiger partial charge in [0.2, 0.25) is 6.79 Å². The summed E-state index contributed by atoms with van der Waals surface area (Å²) in [5, 5.41) is 8.14. The quantitative estimate of drug-likeness (QED) is 0.136. The lowest BCUT2D eigenvalue weighted by molar-refractivity contribution is -0.135. The number of aryl methyl sites for hydroxylation is 7. The average Bonchev–Trinajstić information content (AvgIpc) is 1.40. The van der Waals surface area contributed by atoms with Crippen LogP contribution in [0.5, 0.6) is 17.2 Å². The van der Waals surface area contributed by atoms with Crippen molar-refractivity contribution in [1.29, 1.82) is 0 Å². The second-order valence-corrected chi connectivity index (χ2v) is 21.5. The Labute approximate surface area is 594 Å². The summed E-state index contributed by atoms with van der Waals surface area (Å²) in [7, 11) is 1.75. The van der Waals surface area contributed by atoms with Gasteiger partial charge in [0.25, 0.3) is 5.91 Å². The van der Waals surface area contributed by atoms with Gasteiger partial charge >= 0.3 is 5.69 Å². The maximum absolute atomic E-state index is 11.5. The highest BCUT2D eigenvalue weighted by Crippen LogP contribution is 2.32. The number of nitrogens with one attached hydrogen (secondary N) is 3. The van der Waals surface area contributed by atoms with Gasteiger partial charge in [-0.15, -0.1) is 22.7 Å². The third kappa shape index (κ3) is 27.3. The highest BCUT2D eigenvalue weighted by Gasteiger charge is 2.23. The van der Waals surface area contributed by atoms with Crippen LogP contribution in [0.4, 0.5) is 0 Å². The number of para-hydroxylation sites is 4. The number of aromatic nitrogens is 7. The Bertz CT molecular complexity index is 4150. The molecule has 0 spiro atoms. The van der Waals surface area contributed by atoms with E-state index in [1.165, 1.54) is 65.7 Å². The second-order valence-electron chi connectivity index (χ2n) is 19.8. The Morgan fingerprint density at radius 2 is 1.14 bits per heavy atom. The number of hydrazine groups is 1. The first-order valence-electron chi connectivity index (χ1n) is 34.9. The molecule has 3 N–H and O–H groups in total. The van der Waals surface area contributed by atoms with Crippen molar-refractivity contribution >= 4 is 76.6 Å². The van der Waals surface area contributed by atoms with Crippen LogP contribution in [0.25, 0.3) is 48.0 Å². The van der Waals surface area contributed by atoms with Crippen LogP contribution in [0.2, 0.25) is 0 Å². The van der Waals surface area contributed by atoms with Crippen LogP contribution < -0.4 is 19.9 Å². The minimum absolute atomic E-state index is 0.0573. The van der Waals surface area contributed by atoms with Crippen LogP contribution in [0, 0.1) is 41.5 Å². The monoisotopic (exact) mass is 1370 g/mol. The highest BCUT2D eigenvalue weighted by molar-refractivity contribution is 7.16. The number of fused-ring (bicyclic) bond motifs is 8. The molecule has 4 aliphatic rings. The molecule has 6 aromatic heterocycles. The number of aromatic amines is 3. The van der Waals surface area contributed by atoms with Gasteiger partial charge in [0, 0.05) is 83.2 Å². The summed E-state index contributed by atoms with van der Waals surface area (Å²) in [5.74, 6) is 2.85. The van der Waals surface area contributed by atoms with Crippen molar-refractivity contribution in [2.45, 2.75) is 166 Å². The molecule has 0 saturated heterocycles. The molecule has 0 radical (unpaired) electrons. The number of carbonyl (C=O) groups is 1. The minimum atomic E-state index is -0.0637. The molecule has 12 aromatic rings. The van der Waals surface area contributed by atoms with Crippen molar-refractivity contribution in [1.82, 2.24) is 43.9 Å². The summed E-state index contributed by atoms with van der Waals surface area (Å²) in [6.07, 6.45) is 16.4. The Kier molecular flexibility index (Phi) is 44.2. The van der Waals surface area contributed by atoms with Crippen molar-refractivity contribution in [3.63, 3.8) is 0 Å². The topological polar surface area (TPSA) is 151 Å². The van der Waals surface area contributed by atoms with Gasteiger partial charge in [-0.05, 0) is 149 Å². The molecular formula is C82H115N9O5S2. The number of rotatable bonds is 0. The second kappa shape index (κ2) is 50.0. The lowest BCUT2D eigenvalue weighted by Gasteiger charge is -2.35. The average molecular weight is 1370 g/mol. The van der Waals surface area contributed by atoms with E-state index in [1.807, 2.05) is 245 Å². The standard InChI is InChI=1S/C9H10N2O.2C9H9N.C9H10O.C8H8N2O.C8H7NS.C8H8O2.C6H6N2S.8C2H6/c1-8-4-7-10-5-2-3-6-11(10)9(8)12;1-7-6-10-9-5-3-2-4-8(7)9;1-7-6-8-4-2-3-5-9(8)10-7;1-7-2-3-9-8(6-7)4-5-10-9;1-10-7-5-3-2-4-6(7)9-8(10)11;2*1-6-2-3-7-8(4-6)10-5-9-7;1-5-4-7-6-8(5)2-3-9-6;8*1-2/h2-6H,7H2,1H3;2*2-6,10H,1H3;2-3,6H,4-5H2,1H3;2-5H,1H3,(H,9,11);2-5H,1H3;2-4H,5H2,1H3;2-4H,1H3;8*1-2H3. The maximum Gasteiger partial charge on any atom is 0.326 e. The van der Waals surface area contributed by atoms with Crippen LogP contribution in [0.1, 0.15) is 157 Å². The molecule has 6 aromatic carbocycles. The molecule has 530 valence electrons. The van der Waals surface area contributed by atoms with E-state index >= 15 is 0 Å². The molecule has 0 atom stereocenters. The van der Waals surface area contributed by atoms with Crippen LogP contribution in [-0.2, 0) is 18.3 Å². The number of imidazole rings is 2. The number of hydrogen-bond donors (Lipinski definition) is 3. The first-order chi connectivity index (χ1) is 47.8. The molecule has 0 bridgehead atoms. The van der Waals surface area contributed by atoms with Crippen LogP contribution in [0.3, 0.4) is 0 Å². The molecule has 98 heavy (non-hydrogen) atoms. The SMILES string of the molecule is CC.CC.CC.CC.CC.CC.CC.CC.CC1=CCN2C=CC=CN2C1=O.Cc1c[nH]c2ccccc12.Cc1cc2ccccc2[nH]1.Cc1ccc2c(c1)CCO2.Cc1ccc2c(c1)OCO2.Cc1ccc2ncsc2c1.Cc1cnc2sccn12.Cn1c(=O)[nH]c2ccccc21. The summed E-state index contributed by atoms with van der Waals surface area (Å²) < 4.78 is 20.6. The molecule has 10 heterocycles. The van der Waals surface area contributed by atoms with E-state index in [0.717, 1.165) is 63.9 Å². The fraction of sp³-hybridized carbons (Fsp3) is 0.341. The number of ether oxygens (including phenoxy) is 3. The Balaban J connectivity index is 0.000000544. The van der Waals surface area contributed by atoms with Crippen LogP contribution >= 0.6 is 22.7 Å². The largest absolute Gasteiger partial charge is 0.493 e. The molecule has 0 aliphatic carbocycles. The number of thiazole rings is 2. The number of carbonyl (C=O) groups excluding carboxylic acids is 1. The third-order valence-electron chi connectivity index (χ3n) is 13.5. The van der Waals surface area contributed by atoms with E-state index in [1.54, 1.807) is 45.5 Å². The van der Waals surface area contributed by atoms with E-state index in [0.29, 0.717) is 6.79 Å². The molecule has 1 amide bonds.